The largest absolute Gasteiger partial charge is 0.464 e. The van der Waals surface area contributed by atoms with Crippen LogP contribution in [-0.4, -0.2) is 9.55 Å². The van der Waals surface area contributed by atoms with Crippen molar-refractivity contribution < 1.29 is 4.42 Å². The van der Waals surface area contributed by atoms with Gasteiger partial charge < -0.3 is 4.42 Å². The number of furan rings is 1. The fraction of sp³-hybridized carbons (Fsp3) is 0.132. The highest BCUT2D eigenvalue weighted by Crippen LogP contribution is 2.42. The second-order valence-corrected chi connectivity index (χ2v) is 11.9. The monoisotopic (exact) mass is 532 g/mol. The number of hydrogen-bond acceptors (Lipinski definition) is 2. The van der Waals surface area contributed by atoms with Gasteiger partial charge in [-0.25, -0.2) is 4.98 Å². The van der Waals surface area contributed by atoms with Crippen LogP contribution in [-0.2, 0) is 6.42 Å². The van der Waals surface area contributed by atoms with E-state index < -0.39 is 0 Å². The van der Waals surface area contributed by atoms with Crippen LogP contribution in [0.1, 0.15) is 26.3 Å². The Hall–Kier alpha value is -4.89. The van der Waals surface area contributed by atoms with Crippen LogP contribution in [0, 0.1) is 5.41 Å². The molecule has 0 radical (unpaired) electrons. The highest BCUT2D eigenvalue weighted by molar-refractivity contribution is 5.98. The van der Waals surface area contributed by atoms with Gasteiger partial charge in [-0.15, -0.1) is 0 Å². The Morgan fingerprint density at radius 3 is 1.95 bits per heavy atom. The molecule has 0 N–H and O–H groups in total. The SMILES string of the molecule is CC(C)(C)Cc1ccc2occ(-c3nc4ccccc4n3-c3c(-c4ccccc4)cccc3-c3ccccc3)c2c1. The van der Waals surface area contributed by atoms with E-state index in [9.17, 15) is 0 Å². The van der Waals surface area contributed by atoms with Crippen molar-refractivity contribution in [1.29, 1.82) is 0 Å². The normalized spacial score (nSPS) is 11.9. The number of hydrogen-bond donors (Lipinski definition) is 0. The van der Waals surface area contributed by atoms with Gasteiger partial charge in [0.2, 0.25) is 0 Å². The number of benzene rings is 5. The molecule has 0 saturated carbocycles. The molecule has 0 aliphatic rings. The summed E-state index contributed by atoms with van der Waals surface area (Å²) in [5.74, 6) is 0.874. The summed E-state index contributed by atoms with van der Waals surface area (Å²) in [6.45, 7) is 6.83. The molecule has 2 heterocycles. The van der Waals surface area contributed by atoms with E-state index in [4.69, 9.17) is 9.40 Å². The zero-order valence-corrected chi connectivity index (χ0v) is 23.6. The molecule has 3 heteroatoms. The first-order chi connectivity index (χ1) is 20.0. The zero-order chi connectivity index (χ0) is 28.0. The molecule has 7 aromatic rings. The summed E-state index contributed by atoms with van der Waals surface area (Å²) in [5.41, 5.74) is 11.1. The molecule has 0 unspecified atom stereocenters. The van der Waals surface area contributed by atoms with Gasteiger partial charge in [0.25, 0.3) is 0 Å². The van der Waals surface area contributed by atoms with Gasteiger partial charge in [-0.2, -0.15) is 0 Å². The number of nitrogens with zero attached hydrogens (tertiary/aromatic N) is 2. The van der Waals surface area contributed by atoms with Crippen LogP contribution in [0.5, 0.6) is 0 Å². The van der Waals surface area contributed by atoms with Gasteiger partial charge in [-0.05, 0) is 52.8 Å². The number of fused-ring (bicyclic) bond motifs is 2. The molecule has 0 aliphatic carbocycles. The highest BCUT2D eigenvalue weighted by atomic mass is 16.3. The Morgan fingerprint density at radius 1 is 0.659 bits per heavy atom. The minimum atomic E-state index is 0.184. The fourth-order valence-electron chi connectivity index (χ4n) is 5.89. The predicted molar refractivity (Wildman–Crippen MR) is 170 cm³/mol. The Bertz CT molecular complexity index is 1930. The second-order valence-electron chi connectivity index (χ2n) is 11.9. The zero-order valence-electron chi connectivity index (χ0n) is 23.6. The third-order valence-electron chi connectivity index (χ3n) is 7.60. The van der Waals surface area contributed by atoms with Crippen molar-refractivity contribution in [3.8, 4) is 39.3 Å². The number of imidazole rings is 1. The molecule has 0 fully saturated rings. The topological polar surface area (TPSA) is 31.0 Å². The van der Waals surface area contributed by atoms with E-state index in [0.29, 0.717) is 0 Å². The molecule has 7 rings (SSSR count). The Kier molecular flexibility index (Phi) is 6.09. The Balaban J connectivity index is 1.57. The summed E-state index contributed by atoms with van der Waals surface area (Å²) in [4.78, 5) is 5.26. The maximum atomic E-state index is 6.15. The standard InChI is InChI=1S/C38H32N2O/c1-38(2,3)24-26-21-22-35-31(23-26)32(25-41-35)37-39-33-19-10-11-20-34(33)40(37)36-29(27-13-6-4-7-14-27)17-12-18-30(36)28-15-8-5-9-16-28/h4-23,25H,24H2,1-3H3. The van der Waals surface area contributed by atoms with Gasteiger partial charge in [0.05, 0.1) is 22.3 Å². The molecular formula is C38H32N2O. The van der Waals surface area contributed by atoms with Gasteiger partial charge in [0.15, 0.2) is 0 Å². The summed E-state index contributed by atoms with van der Waals surface area (Å²) in [7, 11) is 0. The minimum absolute atomic E-state index is 0.184. The lowest BCUT2D eigenvalue weighted by Crippen LogP contribution is -2.08. The number of aromatic nitrogens is 2. The van der Waals surface area contributed by atoms with Gasteiger partial charge in [-0.3, -0.25) is 4.57 Å². The van der Waals surface area contributed by atoms with Crippen molar-refractivity contribution >= 4 is 22.0 Å². The summed E-state index contributed by atoms with van der Waals surface area (Å²) in [5, 5.41) is 1.08. The molecular weight excluding hydrogens is 500 g/mol. The molecule has 0 atom stereocenters. The summed E-state index contributed by atoms with van der Waals surface area (Å²) in [6.07, 6.45) is 2.86. The minimum Gasteiger partial charge on any atom is -0.464 e. The van der Waals surface area contributed by atoms with Crippen molar-refractivity contribution in [2.24, 2.45) is 5.41 Å². The lowest BCUT2D eigenvalue weighted by atomic mass is 9.88. The Labute approximate surface area is 240 Å². The van der Waals surface area contributed by atoms with Crippen molar-refractivity contribution in [2.75, 3.05) is 0 Å². The summed E-state index contributed by atoms with van der Waals surface area (Å²) < 4.78 is 8.49. The van der Waals surface area contributed by atoms with E-state index in [2.05, 4.69) is 147 Å². The van der Waals surface area contributed by atoms with Gasteiger partial charge in [0, 0.05) is 16.5 Å². The third-order valence-corrected chi connectivity index (χ3v) is 7.60. The molecule has 41 heavy (non-hydrogen) atoms. The van der Waals surface area contributed by atoms with E-state index in [1.807, 2.05) is 6.26 Å². The second kappa shape index (κ2) is 9.94. The molecule has 0 bridgehead atoms. The van der Waals surface area contributed by atoms with Crippen molar-refractivity contribution in [2.45, 2.75) is 27.2 Å². The highest BCUT2D eigenvalue weighted by Gasteiger charge is 2.23. The van der Waals surface area contributed by atoms with Crippen LogP contribution in [0.2, 0.25) is 0 Å². The van der Waals surface area contributed by atoms with Crippen LogP contribution in [0.25, 0.3) is 61.3 Å². The van der Waals surface area contributed by atoms with E-state index >= 15 is 0 Å². The van der Waals surface area contributed by atoms with Crippen LogP contribution in [0.4, 0.5) is 0 Å². The van der Waals surface area contributed by atoms with Crippen LogP contribution in [0.3, 0.4) is 0 Å². The maximum absolute atomic E-state index is 6.15. The summed E-state index contributed by atoms with van der Waals surface area (Å²) >= 11 is 0. The maximum Gasteiger partial charge on any atom is 0.149 e. The summed E-state index contributed by atoms with van der Waals surface area (Å²) in [6, 6.07) is 42.8. The molecule has 5 aromatic carbocycles. The van der Waals surface area contributed by atoms with Crippen LogP contribution >= 0.6 is 0 Å². The quantitative estimate of drug-likeness (QED) is 0.221. The smallest absolute Gasteiger partial charge is 0.149 e. The average Bonchev–Trinajstić information content (AvgIpc) is 3.58. The molecule has 200 valence electrons. The van der Waals surface area contributed by atoms with E-state index in [0.717, 1.165) is 67.8 Å². The van der Waals surface area contributed by atoms with Crippen molar-refractivity contribution in [3.05, 3.63) is 133 Å². The molecule has 0 aliphatic heterocycles. The van der Waals surface area contributed by atoms with E-state index in [1.54, 1.807) is 0 Å². The van der Waals surface area contributed by atoms with E-state index in [-0.39, 0.29) is 5.41 Å². The predicted octanol–water partition coefficient (Wildman–Crippen LogP) is 10.4. The lowest BCUT2D eigenvalue weighted by Gasteiger charge is -2.19. The van der Waals surface area contributed by atoms with Gasteiger partial charge in [-0.1, -0.05) is 118 Å². The first-order valence-corrected chi connectivity index (χ1v) is 14.2. The van der Waals surface area contributed by atoms with E-state index in [1.165, 1.54) is 5.56 Å². The van der Waals surface area contributed by atoms with Crippen LogP contribution in [0.15, 0.2) is 132 Å². The number of rotatable bonds is 5. The molecule has 0 amide bonds. The van der Waals surface area contributed by atoms with Gasteiger partial charge in [0.1, 0.15) is 17.7 Å². The molecule has 0 saturated heterocycles. The number of para-hydroxylation sites is 3. The van der Waals surface area contributed by atoms with Crippen molar-refractivity contribution in [1.82, 2.24) is 9.55 Å². The molecule has 3 nitrogen and oxygen atoms in total. The van der Waals surface area contributed by atoms with Crippen molar-refractivity contribution in [3.63, 3.8) is 0 Å². The lowest BCUT2D eigenvalue weighted by molar-refractivity contribution is 0.411. The average molecular weight is 533 g/mol. The fourth-order valence-corrected chi connectivity index (χ4v) is 5.89. The third kappa shape index (κ3) is 4.64. The molecule has 0 spiro atoms. The molecule has 2 aromatic heterocycles. The first kappa shape index (κ1) is 25.1. The first-order valence-electron chi connectivity index (χ1n) is 14.2. The van der Waals surface area contributed by atoms with Crippen LogP contribution < -0.4 is 0 Å². The van der Waals surface area contributed by atoms with Gasteiger partial charge >= 0.3 is 0 Å². The Morgan fingerprint density at radius 2 is 1.29 bits per heavy atom.